The highest BCUT2D eigenvalue weighted by atomic mass is 32.2. The lowest BCUT2D eigenvalue weighted by atomic mass is 9.98. The van der Waals surface area contributed by atoms with Gasteiger partial charge in [0.1, 0.15) is 5.75 Å². The number of carbonyl (C=O) groups is 1. The SMILES string of the molecule is CS(=O)(=O)NCC1CCCN(C(=O)CCNS(=O)(=O)c2ccc(OC(F)(F)F)cc2)C1. The van der Waals surface area contributed by atoms with Crippen LogP contribution < -0.4 is 14.2 Å². The number of hydrogen-bond donors (Lipinski definition) is 2. The third kappa shape index (κ3) is 9.01. The van der Waals surface area contributed by atoms with Crippen LogP contribution in [0.1, 0.15) is 19.3 Å². The molecule has 0 spiro atoms. The van der Waals surface area contributed by atoms with Gasteiger partial charge in [-0.15, -0.1) is 13.2 Å². The van der Waals surface area contributed by atoms with Crippen molar-refractivity contribution in [3.05, 3.63) is 24.3 Å². The van der Waals surface area contributed by atoms with Crippen molar-refractivity contribution in [3.8, 4) is 5.75 Å². The third-order valence-electron chi connectivity index (χ3n) is 4.50. The maximum atomic E-state index is 12.4. The number of ether oxygens (including phenoxy) is 1. The van der Waals surface area contributed by atoms with Gasteiger partial charge < -0.3 is 9.64 Å². The van der Waals surface area contributed by atoms with Gasteiger partial charge >= 0.3 is 6.36 Å². The van der Waals surface area contributed by atoms with Crippen molar-refractivity contribution in [3.63, 3.8) is 0 Å². The van der Waals surface area contributed by atoms with Crippen LogP contribution in [0, 0.1) is 5.92 Å². The number of rotatable bonds is 9. The van der Waals surface area contributed by atoms with E-state index in [1.54, 1.807) is 4.90 Å². The van der Waals surface area contributed by atoms with Gasteiger partial charge in [-0.2, -0.15) is 0 Å². The lowest BCUT2D eigenvalue weighted by Crippen LogP contribution is -2.44. The second kappa shape index (κ2) is 10.1. The number of hydrogen-bond acceptors (Lipinski definition) is 6. The minimum atomic E-state index is -4.88. The number of benzene rings is 1. The van der Waals surface area contributed by atoms with Crippen molar-refractivity contribution < 1.29 is 39.5 Å². The smallest absolute Gasteiger partial charge is 0.406 e. The molecule has 1 fully saturated rings. The lowest BCUT2D eigenvalue weighted by Gasteiger charge is -2.32. The molecule has 0 aliphatic carbocycles. The summed E-state index contributed by atoms with van der Waals surface area (Å²) in [5, 5.41) is 0. The molecule has 1 amide bonds. The summed E-state index contributed by atoms with van der Waals surface area (Å²) in [5.74, 6) is -0.853. The van der Waals surface area contributed by atoms with Crippen molar-refractivity contribution in [2.24, 2.45) is 5.92 Å². The predicted molar refractivity (Wildman–Crippen MR) is 105 cm³/mol. The molecule has 0 aromatic heterocycles. The maximum absolute atomic E-state index is 12.4. The number of nitrogens with zero attached hydrogens (tertiary/aromatic N) is 1. The van der Waals surface area contributed by atoms with Crippen molar-refractivity contribution in [1.29, 1.82) is 0 Å². The van der Waals surface area contributed by atoms with E-state index >= 15 is 0 Å². The van der Waals surface area contributed by atoms with E-state index in [2.05, 4.69) is 14.2 Å². The normalized spacial score (nSPS) is 18.1. The van der Waals surface area contributed by atoms with Crippen molar-refractivity contribution >= 4 is 26.0 Å². The Kier molecular flexibility index (Phi) is 8.30. The summed E-state index contributed by atoms with van der Waals surface area (Å²) in [4.78, 5) is 13.7. The van der Waals surface area contributed by atoms with Gasteiger partial charge in [0.2, 0.25) is 26.0 Å². The van der Waals surface area contributed by atoms with E-state index in [-0.39, 0.29) is 36.2 Å². The highest BCUT2D eigenvalue weighted by Gasteiger charge is 2.31. The molecule has 2 rings (SSSR count). The fourth-order valence-electron chi connectivity index (χ4n) is 3.08. The number of carbonyl (C=O) groups excluding carboxylic acids is 1. The third-order valence-corrected chi connectivity index (χ3v) is 6.67. The lowest BCUT2D eigenvalue weighted by molar-refractivity contribution is -0.274. The molecule has 1 saturated heterocycles. The zero-order valence-corrected chi connectivity index (χ0v) is 18.3. The first-order valence-corrected chi connectivity index (χ1v) is 12.7. The van der Waals surface area contributed by atoms with Crippen LogP contribution in [0.3, 0.4) is 0 Å². The van der Waals surface area contributed by atoms with Gasteiger partial charge in [-0.05, 0) is 43.0 Å². The van der Waals surface area contributed by atoms with Crippen molar-refractivity contribution in [2.45, 2.75) is 30.5 Å². The Morgan fingerprint density at radius 2 is 1.81 bits per heavy atom. The van der Waals surface area contributed by atoms with Crippen LogP contribution >= 0.6 is 0 Å². The van der Waals surface area contributed by atoms with E-state index in [1.807, 2.05) is 0 Å². The highest BCUT2D eigenvalue weighted by molar-refractivity contribution is 7.89. The summed E-state index contributed by atoms with van der Waals surface area (Å²) in [6, 6.07) is 3.70. The van der Waals surface area contributed by atoms with Crippen LogP contribution in [0.15, 0.2) is 29.2 Å². The number of alkyl halides is 3. The first-order valence-electron chi connectivity index (χ1n) is 9.33. The predicted octanol–water partition coefficient (Wildman–Crippen LogP) is 1.04. The number of likely N-dealkylation sites (tertiary alicyclic amines) is 1. The molecule has 0 bridgehead atoms. The van der Waals surface area contributed by atoms with Crippen LogP contribution in [0.5, 0.6) is 5.75 Å². The monoisotopic (exact) mass is 487 g/mol. The summed E-state index contributed by atoms with van der Waals surface area (Å²) >= 11 is 0. The minimum Gasteiger partial charge on any atom is -0.406 e. The molecule has 14 heteroatoms. The molecule has 1 aliphatic rings. The topological polar surface area (TPSA) is 122 Å². The van der Waals surface area contributed by atoms with Crippen molar-refractivity contribution in [2.75, 3.05) is 32.4 Å². The molecule has 1 aliphatic heterocycles. The van der Waals surface area contributed by atoms with E-state index in [9.17, 15) is 34.8 Å². The van der Waals surface area contributed by atoms with Crippen LogP contribution in [-0.2, 0) is 24.8 Å². The fraction of sp³-hybridized carbons (Fsp3) is 0.588. The van der Waals surface area contributed by atoms with Gasteiger partial charge in [0, 0.05) is 32.6 Å². The molecule has 1 heterocycles. The molecule has 31 heavy (non-hydrogen) atoms. The molecule has 0 radical (unpaired) electrons. The molecule has 1 aromatic carbocycles. The minimum absolute atomic E-state index is 0.0263. The van der Waals surface area contributed by atoms with Gasteiger partial charge in [0.05, 0.1) is 11.2 Å². The summed E-state index contributed by atoms with van der Waals surface area (Å²) < 4.78 is 91.8. The molecule has 0 saturated carbocycles. The van der Waals surface area contributed by atoms with E-state index in [0.29, 0.717) is 19.5 Å². The number of sulfonamides is 2. The second-order valence-corrected chi connectivity index (χ2v) is 10.7. The Labute approximate surface area is 179 Å². The van der Waals surface area contributed by atoms with E-state index in [1.165, 1.54) is 0 Å². The number of halogens is 3. The zero-order valence-electron chi connectivity index (χ0n) is 16.7. The molecule has 2 N–H and O–H groups in total. The maximum Gasteiger partial charge on any atom is 0.573 e. The van der Waals surface area contributed by atoms with Gasteiger partial charge in [0.15, 0.2) is 0 Å². The number of amides is 1. The van der Waals surface area contributed by atoms with Gasteiger partial charge in [-0.25, -0.2) is 26.3 Å². The van der Waals surface area contributed by atoms with Crippen LogP contribution in [0.25, 0.3) is 0 Å². The molecule has 1 unspecified atom stereocenters. The quantitative estimate of drug-likeness (QED) is 0.537. The Morgan fingerprint density at radius 3 is 2.39 bits per heavy atom. The summed E-state index contributed by atoms with van der Waals surface area (Å²) in [6.07, 6.45) is -2.46. The van der Waals surface area contributed by atoms with E-state index in [0.717, 1.165) is 36.9 Å². The molecule has 1 atom stereocenters. The first kappa shape index (κ1) is 25.4. The average Bonchev–Trinajstić information content (AvgIpc) is 2.65. The van der Waals surface area contributed by atoms with Crippen LogP contribution in [0.2, 0.25) is 0 Å². The summed E-state index contributed by atoms with van der Waals surface area (Å²) in [5.41, 5.74) is 0. The first-order chi connectivity index (χ1) is 14.3. The van der Waals surface area contributed by atoms with Crippen LogP contribution in [-0.4, -0.2) is 66.4 Å². The Balaban J connectivity index is 1.84. The zero-order chi connectivity index (χ0) is 23.3. The second-order valence-electron chi connectivity index (χ2n) is 7.14. The number of piperidine rings is 1. The summed E-state index contributed by atoms with van der Waals surface area (Å²) in [7, 11) is -7.34. The highest BCUT2D eigenvalue weighted by Crippen LogP contribution is 2.24. The molecule has 1 aromatic rings. The molecular weight excluding hydrogens is 463 g/mol. The van der Waals surface area contributed by atoms with Crippen LogP contribution in [0.4, 0.5) is 13.2 Å². The molecular formula is C17H24F3N3O6S2. The average molecular weight is 488 g/mol. The van der Waals surface area contributed by atoms with Gasteiger partial charge in [0.25, 0.3) is 0 Å². The number of nitrogens with one attached hydrogen (secondary N) is 2. The van der Waals surface area contributed by atoms with E-state index < -0.39 is 32.2 Å². The van der Waals surface area contributed by atoms with Crippen molar-refractivity contribution in [1.82, 2.24) is 14.3 Å². The van der Waals surface area contributed by atoms with E-state index in [4.69, 9.17) is 0 Å². The Morgan fingerprint density at radius 1 is 1.16 bits per heavy atom. The largest absolute Gasteiger partial charge is 0.573 e. The molecule has 9 nitrogen and oxygen atoms in total. The standard InChI is InChI=1S/C17H24F3N3O6S2/c1-30(25,26)22-11-13-3-2-10-23(12-13)16(24)8-9-21-31(27,28)15-6-4-14(5-7-15)29-17(18,19)20/h4-7,13,21-22H,2-3,8-12H2,1H3. The van der Waals surface area contributed by atoms with Gasteiger partial charge in [-0.1, -0.05) is 0 Å². The fourth-order valence-corrected chi connectivity index (χ4v) is 4.65. The molecule has 176 valence electrons. The Bertz CT molecular complexity index is 966. The Hall–Kier alpha value is -1.90. The summed E-state index contributed by atoms with van der Waals surface area (Å²) in [6.45, 7) is 0.907. The van der Waals surface area contributed by atoms with Gasteiger partial charge in [-0.3, -0.25) is 4.79 Å².